The molecule has 20 heavy (non-hydrogen) atoms. The van der Waals surface area contributed by atoms with Gasteiger partial charge in [-0.05, 0) is 36.6 Å². The molecule has 0 saturated heterocycles. The largest absolute Gasteiger partial charge is 0.388 e. The molecule has 0 radical (unpaired) electrons. The van der Waals surface area contributed by atoms with Crippen LogP contribution in [-0.2, 0) is 0 Å². The summed E-state index contributed by atoms with van der Waals surface area (Å²) in [6.45, 7) is 4.09. The molecule has 1 aromatic rings. The van der Waals surface area contributed by atoms with Gasteiger partial charge in [-0.2, -0.15) is 0 Å². The first-order valence-corrected chi connectivity index (χ1v) is 8.08. The van der Waals surface area contributed by atoms with Gasteiger partial charge in [0.15, 0.2) is 0 Å². The molecule has 0 aliphatic heterocycles. The zero-order chi connectivity index (χ0) is 14.8. The Morgan fingerprint density at radius 2 is 1.55 bits per heavy atom. The van der Waals surface area contributed by atoms with Gasteiger partial charge in [0.2, 0.25) is 0 Å². The number of hydrogen-bond donors (Lipinski definition) is 1. The third-order valence-electron chi connectivity index (χ3n) is 3.78. The van der Waals surface area contributed by atoms with Crippen molar-refractivity contribution in [3.8, 4) is 0 Å². The van der Waals surface area contributed by atoms with Crippen LogP contribution in [0.1, 0.15) is 81.9 Å². The lowest BCUT2D eigenvalue weighted by Crippen LogP contribution is -1.99. The van der Waals surface area contributed by atoms with Crippen LogP contribution in [0.15, 0.2) is 18.2 Å². The monoisotopic (exact) mass is 280 g/mol. The molecule has 0 saturated carbocycles. The van der Waals surface area contributed by atoms with Gasteiger partial charge in [0, 0.05) is 0 Å². The summed E-state index contributed by atoms with van der Waals surface area (Å²) in [5.41, 5.74) is 1.58. The quantitative estimate of drug-likeness (QED) is 0.545. The van der Waals surface area contributed by atoms with Crippen LogP contribution >= 0.6 is 0 Å². The minimum atomic E-state index is -0.524. The highest BCUT2D eigenvalue weighted by molar-refractivity contribution is 5.25. The Morgan fingerprint density at radius 1 is 0.950 bits per heavy atom. The molecule has 0 aromatic heterocycles. The normalized spacial score (nSPS) is 12.6. The number of rotatable bonds is 10. The first-order chi connectivity index (χ1) is 9.63. The molecule has 0 amide bonds. The lowest BCUT2D eigenvalue weighted by atomic mass is 10.0. The highest BCUT2D eigenvalue weighted by Gasteiger charge is 2.09. The molecule has 1 atom stereocenters. The van der Waals surface area contributed by atoms with Crippen LogP contribution in [0, 0.1) is 12.7 Å². The standard InChI is InChI=1S/C18H29FO/c1-3-4-5-6-7-8-9-10-11-18(20)16-12-15(2)13-17(19)14-16/h12-14,18,20H,3-11H2,1-2H3. The maximum atomic E-state index is 13.3. The third kappa shape index (κ3) is 7.04. The predicted molar refractivity (Wildman–Crippen MR) is 83.3 cm³/mol. The fraction of sp³-hybridized carbons (Fsp3) is 0.667. The van der Waals surface area contributed by atoms with Gasteiger partial charge >= 0.3 is 0 Å². The second kappa shape index (κ2) is 9.93. The molecule has 0 heterocycles. The van der Waals surface area contributed by atoms with Gasteiger partial charge in [-0.25, -0.2) is 4.39 Å². The van der Waals surface area contributed by atoms with E-state index in [1.54, 1.807) is 0 Å². The zero-order valence-electron chi connectivity index (χ0n) is 13.0. The highest BCUT2D eigenvalue weighted by atomic mass is 19.1. The van der Waals surface area contributed by atoms with Crippen molar-refractivity contribution < 1.29 is 9.50 Å². The summed E-state index contributed by atoms with van der Waals surface area (Å²) >= 11 is 0. The van der Waals surface area contributed by atoms with Gasteiger partial charge in [0.05, 0.1) is 6.10 Å². The molecule has 2 heteroatoms. The van der Waals surface area contributed by atoms with Crippen LogP contribution in [0.25, 0.3) is 0 Å². The second-order valence-corrected chi connectivity index (χ2v) is 5.84. The van der Waals surface area contributed by atoms with Gasteiger partial charge in [-0.1, -0.05) is 64.4 Å². The van der Waals surface area contributed by atoms with E-state index in [-0.39, 0.29) is 5.82 Å². The van der Waals surface area contributed by atoms with E-state index in [4.69, 9.17) is 0 Å². The fourth-order valence-electron chi connectivity index (χ4n) is 2.60. The van der Waals surface area contributed by atoms with Gasteiger partial charge < -0.3 is 5.11 Å². The average Bonchev–Trinajstić information content (AvgIpc) is 2.40. The van der Waals surface area contributed by atoms with E-state index in [1.807, 2.05) is 13.0 Å². The number of hydrogen-bond acceptors (Lipinski definition) is 1. The first kappa shape index (κ1) is 17.2. The average molecular weight is 280 g/mol. The van der Waals surface area contributed by atoms with Crippen molar-refractivity contribution in [2.75, 3.05) is 0 Å². The van der Waals surface area contributed by atoms with Crippen LogP contribution < -0.4 is 0 Å². The van der Waals surface area contributed by atoms with E-state index in [0.29, 0.717) is 5.56 Å². The van der Waals surface area contributed by atoms with Crippen molar-refractivity contribution in [2.24, 2.45) is 0 Å². The highest BCUT2D eigenvalue weighted by Crippen LogP contribution is 2.22. The number of halogens is 1. The van der Waals surface area contributed by atoms with Crippen molar-refractivity contribution in [2.45, 2.75) is 77.7 Å². The van der Waals surface area contributed by atoms with Crippen LogP contribution in [-0.4, -0.2) is 5.11 Å². The summed E-state index contributed by atoms with van der Waals surface area (Å²) in [6, 6.07) is 4.81. The van der Waals surface area contributed by atoms with Crippen molar-refractivity contribution in [1.29, 1.82) is 0 Å². The molecule has 0 spiro atoms. The molecule has 0 aliphatic carbocycles. The number of unbranched alkanes of at least 4 members (excludes halogenated alkanes) is 7. The van der Waals surface area contributed by atoms with Crippen molar-refractivity contribution in [3.63, 3.8) is 0 Å². The summed E-state index contributed by atoms with van der Waals surface area (Å²) in [5, 5.41) is 10.1. The molecule has 114 valence electrons. The SMILES string of the molecule is CCCCCCCCCCC(O)c1cc(C)cc(F)c1. The van der Waals surface area contributed by atoms with Crippen LogP contribution in [0.4, 0.5) is 4.39 Å². The third-order valence-corrected chi connectivity index (χ3v) is 3.78. The van der Waals surface area contributed by atoms with E-state index in [2.05, 4.69) is 6.92 Å². The minimum absolute atomic E-state index is 0.255. The van der Waals surface area contributed by atoms with Crippen LogP contribution in [0.2, 0.25) is 0 Å². The molecular formula is C18H29FO. The Balaban J connectivity index is 2.15. The molecule has 0 fully saturated rings. The molecule has 1 aromatic carbocycles. The maximum absolute atomic E-state index is 13.3. The molecular weight excluding hydrogens is 251 g/mol. The smallest absolute Gasteiger partial charge is 0.123 e. The summed E-state index contributed by atoms with van der Waals surface area (Å²) in [5.74, 6) is -0.255. The van der Waals surface area contributed by atoms with Gasteiger partial charge in [0.25, 0.3) is 0 Å². The summed E-state index contributed by atoms with van der Waals surface area (Å²) in [4.78, 5) is 0. The maximum Gasteiger partial charge on any atom is 0.123 e. The molecule has 0 aliphatic rings. The van der Waals surface area contributed by atoms with Gasteiger partial charge in [-0.3, -0.25) is 0 Å². The first-order valence-electron chi connectivity index (χ1n) is 8.08. The van der Waals surface area contributed by atoms with Crippen molar-refractivity contribution in [3.05, 3.63) is 35.1 Å². The Morgan fingerprint density at radius 3 is 2.15 bits per heavy atom. The Kier molecular flexibility index (Phi) is 8.52. The number of aliphatic hydroxyl groups is 1. The summed E-state index contributed by atoms with van der Waals surface area (Å²) < 4.78 is 13.3. The van der Waals surface area contributed by atoms with E-state index < -0.39 is 6.10 Å². The predicted octanol–water partition coefficient (Wildman–Crippen LogP) is 5.70. The molecule has 1 N–H and O–H groups in total. The van der Waals surface area contributed by atoms with E-state index in [9.17, 15) is 9.50 Å². The molecule has 1 rings (SSSR count). The zero-order valence-corrected chi connectivity index (χ0v) is 13.0. The second-order valence-electron chi connectivity index (χ2n) is 5.84. The minimum Gasteiger partial charge on any atom is -0.388 e. The van der Waals surface area contributed by atoms with Crippen LogP contribution in [0.3, 0.4) is 0 Å². The lowest BCUT2D eigenvalue weighted by molar-refractivity contribution is 0.163. The summed E-state index contributed by atoms with van der Waals surface area (Å²) in [7, 11) is 0. The Labute approximate surface area is 123 Å². The van der Waals surface area contributed by atoms with Gasteiger partial charge in [0.1, 0.15) is 5.82 Å². The Bertz CT molecular complexity index is 355. The number of benzene rings is 1. The van der Waals surface area contributed by atoms with E-state index >= 15 is 0 Å². The lowest BCUT2D eigenvalue weighted by Gasteiger charge is -2.12. The molecule has 1 nitrogen and oxygen atoms in total. The molecule has 1 unspecified atom stereocenters. The van der Waals surface area contributed by atoms with Gasteiger partial charge in [-0.15, -0.1) is 0 Å². The Hall–Kier alpha value is -0.890. The molecule has 0 bridgehead atoms. The number of aryl methyl sites for hydroxylation is 1. The van der Waals surface area contributed by atoms with E-state index in [1.165, 1.54) is 50.7 Å². The topological polar surface area (TPSA) is 20.2 Å². The van der Waals surface area contributed by atoms with E-state index in [0.717, 1.165) is 24.8 Å². The number of aliphatic hydroxyl groups excluding tert-OH is 1. The fourth-order valence-corrected chi connectivity index (χ4v) is 2.60. The van der Waals surface area contributed by atoms with Crippen LogP contribution in [0.5, 0.6) is 0 Å². The summed E-state index contributed by atoms with van der Waals surface area (Å²) in [6.07, 6.45) is 10.3. The van der Waals surface area contributed by atoms with Crippen molar-refractivity contribution in [1.82, 2.24) is 0 Å². The van der Waals surface area contributed by atoms with Crippen molar-refractivity contribution >= 4 is 0 Å².